The molecule has 0 aromatic heterocycles. The minimum absolute atomic E-state index is 0. The van der Waals surface area contributed by atoms with Crippen molar-refractivity contribution in [1.29, 1.82) is 0 Å². The Labute approximate surface area is 132 Å². The molecule has 95 valence electrons. The molecule has 1 unspecified atom stereocenters. The third-order valence-electron chi connectivity index (χ3n) is 3.75. The van der Waals surface area contributed by atoms with Gasteiger partial charge in [-0.15, -0.1) is 13.1 Å². The fourth-order valence-electron chi connectivity index (χ4n) is 2.80. The molecule has 2 fully saturated rings. The summed E-state index contributed by atoms with van der Waals surface area (Å²) in [7, 11) is 0. The topological polar surface area (TPSA) is 56.0 Å². The third kappa shape index (κ3) is 2.68. The van der Waals surface area contributed by atoms with Crippen LogP contribution < -0.4 is 0 Å². The molecule has 0 N–H and O–H groups in total. The second-order valence-electron chi connectivity index (χ2n) is 5.11. The van der Waals surface area contributed by atoms with Crippen LogP contribution >= 0.6 is 0 Å². The molecule has 0 aromatic carbocycles. The Bertz CT molecular complexity index is 414. The molecule has 5 nitrogen and oxygen atoms in total. The molecule has 2 saturated heterocycles. The maximum Gasteiger partial charge on any atom is 0.365 e. The summed E-state index contributed by atoms with van der Waals surface area (Å²) in [5.41, 5.74) is 0.785. The van der Waals surface area contributed by atoms with Crippen molar-refractivity contribution < 1.29 is 42.2 Å². The van der Waals surface area contributed by atoms with E-state index in [0.717, 1.165) is 32.6 Å². The molecule has 3 aliphatic heterocycles. The number of cyclic esters (lactones) is 1. The van der Waals surface area contributed by atoms with E-state index in [0.29, 0.717) is 17.0 Å². The van der Waals surface area contributed by atoms with Crippen molar-refractivity contribution in [3.8, 4) is 0 Å². The van der Waals surface area contributed by atoms with E-state index in [1.165, 1.54) is 6.42 Å². The molecule has 1 spiro atoms. The van der Waals surface area contributed by atoms with E-state index in [4.69, 9.17) is 4.74 Å². The number of esters is 1. The Kier molecular flexibility index (Phi) is 4.24. The number of carbonyl (C=O) groups is 1. The van der Waals surface area contributed by atoms with Crippen molar-refractivity contribution >= 4 is 11.9 Å². The first kappa shape index (κ1) is 14.2. The van der Waals surface area contributed by atoms with Crippen LogP contribution in [0.5, 0.6) is 0 Å². The van der Waals surface area contributed by atoms with Crippen molar-refractivity contribution in [2.24, 2.45) is 10.4 Å². The van der Waals surface area contributed by atoms with E-state index in [-0.39, 0.29) is 38.7 Å². The maximum absolute atomic E-state index is 11.4. The summed E-state index contributed by atoms with van der Waals surface area (Å²) < 4.78 is 4.90. The number of hydrogen-bond donors (Lipinski definition) is 0. The summed E-state index contributed by atoms with van der Waals surface area (Å²) in [4.78, 5) is 17.7. The predicted molar refractivity (Wildman–Crippen MR) is 63.6 cm³/mol. The first-order valence-corrected chi connectivity index (χ1v) is 6.04. The molecule has 3 rings (SSSR count). The average molecular weight is 323 g/mol. The van der Waals surface area contributed by atoms with Crippen LogP contribution in [0.1, 0.15) is 19.8 Å². The second kappa shape index (κ2) is 5.39. The first-order chi connectivity index (χ1) is 8.17. The molecule has 0 saturated carbocycles. The molecule has 0 bridgehead atoms. The molecule has 0 aromatic rings. The number of ether oxygens (including phenoxy) is 1. The summed E-state index contributed by atoms with van der Waals surface area (Å²) in [5, 5.41) is 4.45. The summed E-state index contributed by atoms with van der Waals surface area (Å²) >= 11 is 0. The van der Waals surface area contributed by atoms with E-state index < -0.39 is 0 Å². The Morgan fingerprint density at radius 3 is 2.94 bits per heavy atom. The van der Waals surface area contributed by atoms with Crippen LogP contribution in [0.25, 0.3) is 5.32 Å². The van der Waals surface area contributed by atoms with Crippen LogP contribution in [0.3, 0.4) is 0 Å². The second-order valence-corrected chi connectivity index (χ2v) is 5.11. The van der Waals surface area contributed by atoms with Crippen LogP contribution in [0, 0.1) is 5.41 Å². The summed E-state index contributed by atoms with van der Waals surface area (Å²) in [6.07, 6.45) is 4.18. The van der Waals surface area contributed by atoms with Crippen LogP contribution in [0.2, 0.25) is 0 Å². The Balaban J connectivity index is 0.00000120. The molecule has 6 heteroatoms. The van der Waals surface area contributed by atoms with Crippen LogP contribution in [-0.2, 0) is 42.2 Å². The van der Waals surface area contributed by atoms with E-state index in [1.54, 1.807) is 6.92 Å². The van der Waals surface area contributed by atoms with Gasteiger partial charge in [0.05, 0.1) is 0 Å². The van der Waals surface area contributed by atoms with Gasteiger partial charge in [0.15, 0.2) is 11.6 Å². The zero-order valence-electron chi connectivity index (χ0n) is 10.6. The van der Waals surface area contributed by atoms with Gasteiger partial charge in [0, 0.05) is 58.9 Å². The van der Waals surface area contributed by atoms with Gasteiger partial charge in [-0.1, -0.05) is 6.42 Å². The molecule has 3 aliphatic rings. The van der Waals surface area contributed by atoms with Crippen molar-refractivity contribution in [3.63, 3.8) is 0 Å². The fraction of sp³-hybridized carbons (Fsp3) is 0.667. The minimum atomic E-state index is -0.334. The number of carbonyl (C=O) groups excluding carboxylic acids is 1. The van der Waals surface area contributed by atoms with E-state index in [2.05, 4.69) is 15.2 Å². The van der Waals surface area contributed by atoms with Crippen LogP contribution in [-0.4, -0.2) is 42.9 Å². The molecule has 0 amide bonds. The Morgan fingerprint density at radius 2 is 2.33 bits per heavy atom. The molecular formula is C12H16N3O2Y-. The maximum atomic E-state index is 11.4. The van der Waals surface area contributed by atoms with E-state index >= 15 is 0 Å². The largest absolute Gasteiger partial charge is 0.662 e. The van der Waals surface area contributed by atoms with Gasteiger partial charge in [0.1, 0.15) is 0 Å². The van der Waals surface area contributed by atoms with Gasteiger partial charge in [-0.25, -0.2) is 9.79 Å². The number of hydrogen-bond acceptors (Lipinski definition) is 4. The number of rotatable bonds is 1. The summed E-state index contributed by atoms with van der Waals surface area (Å²) in [6, 6.07) is 0. The Morgan fingerprint density at radius 1 is 1.50 bits per heavy atom. The van der Waals surface area contributed by atoms with Gasteiger partial charge in [-0.2, -0.15) is 0 Å². The molecule has 1 atom stereocenters. The van der Waals surface area contributed by atoms with E-state index in [1.807, 2.05) is 6.20 Å². The zero-order valence-corrected chi connectivity index (χ0v) is 13.4. The van der Waals surface area contributed by atoms with Crippen LogP contribution in [0.4, 0.5) is 0 Å². The SMILES string of the molecule is CC1=N/C(=C\N2CCC3(CC[N-]C3)C2)C(=O)O1.[Y]. The zero-order chi connectivity index (χ0) is 11.9. The van der Waals surface area contributed by atoms with Gasteiger partial charge in [-0.3, -0.25) is 0 Å². The molecule has 0 aliphatic carbocycles. The van der Waals surface area contributed by atoms with Gasteiger partial charge in [-0.05, 0) is 11.8 Å². The van der Waals surface area contributed by atoms with E-state index in [9.17, 15) is 4.79 Å². The van der Waals surface area contributed by atoms with Gasteiger partial charge < -0.3 is 15.0 Å². The van der Waals surface area contributed by atoms with Crippen molar-refractivity contribution in [2.45, 2.75) is 19.8 Å². The van der Waals surface area contributed by atoms with Gasteiger partial charge in [0.25, 0.3) is 0 Å². The summed E-state index contributed by atoms with van der Waals surface area (Å²) in [6.45, 7) is 5.63. The number of nitrogens with zero attached hydrogens (tertiary/aromatic N) is 3. The number of likely N-dealkylation sites (tertiary alicyclic amines) is 1. The van der Waals surface area contributed by atoms with Crippen molar-refractivity contribution in [2.75, 3.05) is 26.2 Å². The molecule has 3 heterocycles. The molecular weight excluding hydrogens is 307 g/mol. The summed E-state index contributed by atoms with van der Waals surface area (Å²) in [5.74, 6) is 0.102. The average Bonchev–Trinajstić information content (AvgIpc) is 2.95. The normalized spacial score (nSPS) is 32.9. The van der Waals surface area contributed by atoms with Gasteiger partial charge in [0.2, 0.25) is 0 Å². The quantitative estimate of drug-likeness (QED) is 0.539. The number of aliphatic imine (C=N–C) groups is 1. The van der Waals surface area contributed by atoms with Crippen molar-refractivity contribution in [1.82, 2.24) is 4.90 Å². The molecule has 18 heavy (non-hydrogen) atoms. The van der Waals surface area contributed by atoms with Crippen LogP contribution in [0.15, 0.2) is 16.9 Å². The standard InChI is InChI=1S/C12H16N3O2.Y/c1-9-14-10(11(16)17-9)6-15-5-3-12(8-15)2-4-13-7-12;/h6H,2-5,7-8H2,1H3;/q-1;/b10-6-;. The first-order valence-electron chi connectivity index (χ1n) is 6.04. The predicted octanol–water partition coefficient (Wildman–Crippen LogP) is 1.27. The molecule has 1 radical (unpaired) electrons. The monoisotopic (exact) mass is 323 g/mol. The van der Waals surface area contributed by atoms with Gasteiger partial charge >= 0.3 is 5.97 Å². The van der Waals surface area contributed by atoms with Crippen molar-refractivity contribution in [3.05, 3.63) is 17.2 Å². The smallest absolute Gasteiger partial charge is 0.365 e. The third-order valence-corrected chi connectivity index (χ3v) is 3.75. The fourth-order valence-corrected chi connectivity index (χ4v) is 2.80. The Hall–Kier alpha value is -0.256. The minimum Gasteiger partial charge on any atom is -0.662 e.